The molecule has 5 atom stereocenters. The number of nitrogens with one attached hydrogen (secondary N) is 1. The van der Waals surface area contributed by atoms with Crippen molar-refractivity contribution >= 4 is 0 Å². The second-order valence-corrected chi connectivity index (χ2v) is 6.96. The van der Waals surface area contributed by atoms with Gasteiger partial charge in [0.2, 0.25) is 0 Å². The van der Waals surface area contributed by atoms with Crippen LogP contribution in [-0.4, -0.2) is 49.3 Å². The van der Waals surface area contributed by atoms with E-state index in [4.69, 9.17) is 4.74 Å². The van der Waals surface area contributed by atoms with Gasteiger partial charge in [0.15, 0.2) is 0 Å². The summed E-state index contributed by atoms with van der Waals surface area (Å²) in [6.45, 7) is 11.6. The van der Waals surface area contributed by atoms with Crippen LogP contribution in [0.5, 0.6) is 0 Å². The molecule has 0 amide bonds. The first-order chi connectivity index (χ1) is 8.61. The highest BCUT2D eigenvalue weighted by molar-refractivity contribution is 5.05. The summed E-state index contributed by atoms with van der Waals surface area (Å²) in [4.78, 5) is 2.62. The van der Waals surface area contributed by atoms with E-state index in [1.165, 1.54) is 38.9 Å². The number of hydrogen-bond donors (Lipinski definition) is 1. The summed E-state index contributed by atoms with van der Waals surface area (Å²) in [5.41, 5.74) is 0.311. The van der Waals surface area contributed by atoms with Gasteiger partial charge in [0, 0.05) is 30.7 Å². The molecule has 1 saturated carbocycles. The van der Waals surface area contributed by atoms with Crippen molar-refractivity contribution in [2.24, 2.45) is 11.3 Å². The summed E-state index contributed by atoms with van der Waals surface area (Å²) in [5.74, 6) is 0.903. The smallest absolute Gasteiger partial charge is 0.0655 e. The Morgan fingerprint density at radius 2 is 2.06 bits per heavy atom. The Bertz CT molecular complexity index is 305. The maximum atomic E-state index is 5.83. The number of piperidine rings is 1. The maximum absolute atomic E-state index is 5.83. The number of rotatable bonds is 4. The molecule has 3 aliphatic rings. The van der Waals surface area contributed by atoms with Crippen LogP contribution in [0.3, 0.4) is 0 Å². The molecule has 104 valence electrons. The highest BCUT2D eigenvalue weighted by Crippen LogP contribution is 2.43. The van der Waals surface area contributed by atoms with E-state index >= 15 is 0 Å². The Morgan fingerprint density at radius 1 is 1.28 bits per heavy atom. The van der Waals surface area contributed by atoms with Crippen molar-refractivity contribution in [3.05, 3.63) is 0 Å². The fourth-order valence-corrected chi connectivity index (χ4v) is 4.08. The van der Waals surface area contributed by atoms with E-state index in [0.29, 0.717) is 17.6 Å². The first kappa shape index (κ1) is 12.9. The molecule has 3 fully saturated rings. The third-order valence-corrected chi connectivity index (χ3v) is 5.60. The van der Waals surface area contributed by atoms with Crippen LogP contribution >= 0.6 is 0 Å². The third-order valence-electron chi connectivity index (χ3n) is 5.60. The molecule has 2 aliphatic heterocycles. The minimum absolute atomic E-state index is 0.311. The van der Waals surface area contributed by atoms with Crippen molar-refractivity contribution < 1.29 is 4.74 Å². The van der Waals surface area contributed by atoms with Gasteiger partial charge in [-0.25, -0.2) is 0 Å². The summed E-state index contributed by atoms with van der Waals surface area (Å²) >= 11 is 0. The van der Waals surface area contributed by atoms with E-state index in [2.05, 4.69) is 31.0 Å². The molecular formula is C15H28N2O. The SMILES string of the molecule is CCOC1CC(NC2CCN3CCC2C3)C1(C)C. The van der Waals surface area contributed by atoms with Gasteiger partial charge in [-0.15, -0.1) is 0 Å². The van der Waals surface area contributed by atoms with Crippen molar-refractivity contribution in [3.8, 4) is 0 Å². The fourth-order valence-electron chi connectivity index (χ4n) is 4.08. The van der Waals surface area contributed by atoms with Gasteiger partial charge >= 0.3 is 0 Å². The minimum Gasteiger partial charge on any atom is -0.378 e. The van der Waals surface area contributed by atoms with Crippen LogP contribution in [0.25, 0.3) is 0 Å². The quantitative estimate of drug-likeness (QED) is 0.827. The van der Waals surface area contributed by atoms with Gasteiger partial charge < -0.3 is 15.0 Å². The van der Waals surface area contributed by atoms with Crippen molar-refractivity contribution in [1.29, 1.82) is 0 Å². The Hall–Kier alpha value is -0.120. The highest BCUT2D eigenvalue weighted by Gasteiger charge is 2.50. The van der Waals surface area contributed by atoms with Gasteiger partial charge in [0.05, 0.1) is 6.10 Å². The van der Waals surface area contributed by atoms with Gasteiger partial charge in [-0.2, -0.15) is 0 Å². The molecule has 0 aromatic rings. The Balaban J connectivity index is 1.55. The van der Waals surface area contributed by atoms with Crippen LogP contribution < -0.4 is 5.32 Å². The second-order valence-electron chi connectivity index (χ2n) is 6.96. The van der Waals surface area contributed by atoms with E-state index in [1.54, 1.807) is 0 Å². The molecule has 0 spiro atoms. The van der Waals surface area contributed by atoms with Gasteiger partial charge in [-0.3, -0.25) is 0 Å². The summed E-state index contributed by atoms with van der Waals surface area (Å²) in [6.07, 6.45) is 4.41. The molecule has 3 nitrogen and oxygen atoms in total. The lowest BCUT2D eigenvalue weighted by molar-refractivity contribution is -0.118. The largest absolute Gasteiger partial charge is 0.378 e. The first-order valence-corrected chi connectivity index (χ1v) is 7.71. The van der Waals surface area contributed by atoms with Crippen LogP contribution in [0, 0.1) is 11.3 Å². The third kappa shape index (κ3) is 2.10. The van der Waals surface area contributed by atoms with E-state index in [1.807, 2.05) is 0 Å². The molecule has 3 heteroatoms. The van der Waals surface area contributed by atoms with Gasteiger partial charge in [-0.1, -0.05) is 13.8 Å². The van der Waals surface area contributed by atoms with Gasteiger partial charge in [0.25, 0.3) is 0 Å². The maximum Gasteiger partial charge on any atom is 0.0655 e. The van der Waals surface area contributed by atoms with E-state index in [0.717, 1.165) is 18.6 Å². The van der Waals surface area contributed by atoms with Crippen LogP contribution in [0.2, 0.25) is 0 Å². The van der Waals surface area contributed by atoms with E-state index in [9.17, 15) is 0 Å². The summed E-state index contributed by atoms with van der Waals surface area (Å²) < 4.78 is 5.83. The van der Waals surface area contributed by atoms with Crippen LogP contribution in [0.1, 0.15) is 40.0 Å². The molecule has 2 heterocycles. The zero-order chi connectivity index (χ0) is 12.8. The fraction of sp³-hybridized carbons (Fsp3) is 1.00. The zero-order valence-electron chi connectivity index (χ0n) is 12.1. The van der Waals surface area contributed by atoms with E-state index < -0.39 is 0 Å². The number of hydrogen-bond acceptors (Lipinski definition) is 3. The standard InChI is InChI=1S/C15H28N2O/c1-4-18-14-9-13(15(14,2)3)16-12-6-8-17-7-5-11(12)10-17/h11-14,16H,4-10H2,1-3H3. The van der Waals surface area contributed by atoms with Gasteiger partial charge in [0.1, 0.15) is 0 Å². The summed E-state index contributed by atoms with van der Waals surface area (Å²) in [6, 6.07) is 1.42. The predicted octanol–water partition coefficient (Wildman–Crippen LogP) is 1.87. The monoisotopic (exact) mass is 252 g/mol. The summed E-state index contributed by atoms with van der Waals surface area (Å²) in [7, 11) is 0. The lowest BCUT2D eigenvalue weighted by Gasteiger charge is -2.53. The molecule has 18 heavy (non-hydrogen) atoms. The van der Waals surface area contributed by atoms with Crippen molar-refractivity contribution in [1.82, 2.24) is 10.2 Å². The molecule has 5 unspecified atom stereocenters. The zero-order valence-corrected chi connectivity index (χ0v) is 12.1. The molecule has 0 aromatic carbocycles. The summed E-state index contributed by atoms with van der Waals surface area (Å²) in [5, 5.41) is 3.95. The molecular weight excluding hydrogens is 224 g/mol. The van der Waals surface area contributed by atoms with Crippen molar-refractivity contribution in [2.45, 2.75) is 58.2 Å². The average molecular weight is 252 g/mol. The molecule has 2 saturated heterocycles. The number of ether oxygens (including phenoxy) is 1. The highest BCUT2D eigenvalue weighted by atomic mass is 16.5. The van der Waals surface area contributed by atoms with Crippen LogP contribution in [0.15, 0.2) is 0 Å². The van der Waals surface area contributed by atoms with Crippen molar-refractivity contribution in [3.63, 3.8) is 0 Å². The lowest BCUT2D eigenvalue weighted by Crippen LogP contribution is -2.64. The van der Waals surface area contributed by atoms with Crippen molar-refractivity contribution in [2.75, 3.05) is 26.2 Å². The molecule has 0 radical (unpaired) electrons. The predicted molar refractivity (Wildman–Crippen MR) is 73.7 cm³/mol. The van der Waals surface area contributed by atoms with E-state index in [-0.39, 0.29) is 0 Å². The molecule has 1 aliphatic carbocycles. The van der Waals surface area contributed by atoms with Gasteiger partial charge in [-0.05, 0) is 45.2 Å². The molecule has 1 N–H and O–H groups in total. The van der Waals surface area contributed by atoms with Crippen LogP contribution in [0.4, 0.5) is 0 Å². The minimum atomic E-state index is 0.311. The Labute approximate surface area is 111 Å². The second kappa shape index (κ2) is 4.77. The molecule has 2 bridgehead atoms. The number of fused-ring (bicyclic) bond motifs is 2. The topological polar surface area (TPSA) is 24.5 Å². The molecule has 3 rings (SSSR count). The first-order valence-electron chi connectivity index (χ1n) is 7.71. The Morgan fingerprint density at radius 3 is 2.78 bits per heavy atom. The van der Waals surface area contributed by atoms with Crippen LogP contribution in [-0.2, 0) is 4.74 Å². The molecule has 0 aromatic heterocycles. The number of nitrogens with zero attached hydrogens (tertiary/aromatic N) is 1. The normalized spacial score (nSPS) is 45.8. The average Bonchev–Trinajstić information content (AvgIpc) is 2.73. The Kier molecular flexibility index (Phi) is 3.41. The lowest BCUT2D eigenvalue weighted by atomic mass is 9.64.